The van der Waals surface area contributed by atoms with Crippen molar-refractivity contribution in [3.05, 3.63) is 68.8 Å². The smallest absolute Gasteiger partial charge is 0.251 e. The third kappa shape index (κ3) is 3.37. The Balaban J connectivity index is 2.44. The van der Waals surface area contributed by atoms with Gasteiger partial charge in [0.25, 0.3) is 5.91 Å². The fraction of sp³-hybridized carbons (Fsp3) is 0.286. The van der Waals surface area contributed by atoms with Crippen molar-refractivity contribution in [3.8, 4) is 0 Å². The minimum atomic E-state index is -0.0605. The maximum Gasteiger partial charge on any atom is 0.251 e. The first kappa shape index (κ1) is 17.0. The SMILES string of the molecule is CNC(=O)c1cccc(/C=C/c2c(C)c(C)c(C)c(C)c2C)c1. The molecule has 2 nitrogen and oxygen atoms in total. The molecular weight excluding hydrogens is 282 g/mol. The number of benzene rings is 2. The van der Waals surface area contributed by atoms with Crippen molar-refractivity contribution < 1.29 is 4.79 Å². The van der Waals surface area contributed by atoms with Crippen LogP contribution in [-0.2, 0) is 0 Å². The lowest BCUT2D eigenvalue weighted by molar-refractivity contribution is 0.0963. The second kappa shape index (κ2) is 6.82. The van der Waals surface area contributed by atoms with Crippen LogP contribution in [0, 0.1) is 34.6 Å². The summed E-state index contributed by atoms with van der Waals surface area (Å²) in [5.74, 6) is -0.0605. The lowest BCUT2D eigenvalue weighted by Gasteiger charge is -2.16. The van der Waals surface area contributed by atoms with E-state index in [1.54, 1.807) is 7.05 Å². The van der Waals surface area contributed by atoms with E-state index >= 15 is 0 Å². The Hall–Kier alpha value is -2.35. The van der Waals surface area contributed by atoms with Crippen molar-refractivity contribution >= 4 is 18.1 Å². The number of rotatable bonds is 3. The van der Waals surface area contributed by atoms with Gasteiger partial charge in [-0.3, -0.25) is 4.79 Å². The second-order valence-electron chi connectivity index (χ2n) is 6.08. The number of hydrogen-bond donors (Lipinski definition) is 1. The standard InChI is InChI=1S/C21H25NO/c1-13-14(2)16(4)20(17(5)15(13)3)11-10-18-8-7-9-19(12-18)21(23)22-6/h7-12H,1-6H3,(H,22,23)/b11-10+. The molecule has 2 rings (SSSR count). The van der Waals surface area contributed by atoms with Crippen LogP contribution in [0.25, 0.3) is 12.2 Å². The minimum Gasteiger partial charge on any atom is -0.355 e. The first-order chi connectivity index (χ1) is 10.9. The summed E-state index contributed by atoms with van der Waals surface area (Å²) in [7, 11) is 1.65. The highest BCUT2D eigenvalue weighted by atomic mass is 16.1. The molecule has 0 radical (unpaired) electrons. The third-order valence-electron chi connectivity index (χ3n) is 4.88. The normalized spacial score (nSPS) is 11.0. The molecular formula is C21H25NO. The first-order valence-corrected chi connectivity index (χ1v) is 7.94. The molecule has 1 amide bonds. The van der Waals surface area contributed by atoms with E-state index < -0.39 is 0 Å². The summed E-state index contributed by atoms with van der Waals surface area (Å²) in [6, 6.07) is 7.66. The van der Waals surface area contributed by atoms with Gasteiger partial charge >= 0.3 is 0 Å². The van der Waals surface area contributed by atoms with Crippen molar-refractivity contribution in [1.29, 1.82) is 0 Å². The van der Waals surface area contributed by atoms with Crippen molar-refractivity contribution in [2.45, 2.75) is 34.6 Å². The van der Waals surface area contributed by atoms with Gasteiger partial charge in [0.15, 0.2) is 0 Å². The van der Waals surface area contributed by atoms with E-state index in [4.69, 9.17) is 0 Å². The molecule has 0 aliphatic carbocycles. The molecule has 0 bridgehead atoms. The Kier molecular flexibility index (Phi) is 5.05. The van der Waals surface area contributed by atoms with E-state index in [0.717, 1.165) is 5.56 Å². The van der Waals surface area contributed by atoms with E-state index in [9.17, 15) is 4.79 Å². The Bertz CT molecular complexity index is 756. The Morgan fingerprint density at radius 2 is 1.43 bits per heavy atom. The van der Waals surface area contributed by atoms with Gasteiger partial charge in [-0.2, -0.15) is 0 Å². The summed E-state index contributed by atoms with van der Waals surface area (Å²) in [4.78, 5) is 11.7. The van der Waals surface area contributed by atoms with Gasteiger partial charge in [0.1, 0.15) is 0 Å². The van der Waals surface area contributed by atoms with Gasteiger partial charge in [0.05, 0.1) is 0 Å². The molecule has 0 saturated heterocycles. The quantitative estimate of drug-likeness (QED) is 0.814. The molecule has 0 aromatic heterocycles. The van der Waals surface area contributed by atoms with E-state index in [0.29, 0.717) is 5.56 Å². The predicted octanol–water partition coefficient (Wildman–Crippen LogP) is 4.76. The maximum absolute atomic E-state index is 11.7. The molecule has 0 atom stereocenters. The second-order valence-corrected chi connectivity index (χ2v) is 6.08. The number of amides is 1. The zero-order chi connectivity index (χ0) is 17.1. The molecule has 0 aliphatic heterocycles. The first-order valence-electron chi connectivity index (χ1n) is 7.94. The van der Waals surface area contributed by atoms with Crippen LogP contribution in [0.4, 0.5) is 0 Å². The minimum absolute atomic E-state index is 0.0605. The summed E-state index contributed by atoms with van der Waals surface area (Å²) in [6.45, 7) is 10.9. The Morgan fingerprint density at radius 1 is 0.870 bits per heavy atom. The van der Waals surface area contributed by atoms with Gasteiger partial charge in [-0.15, -0.1) is 0 Å². The van der Waals surface area contributed by atoms with Crippen LogP contribution < -0.4 is 5.32 Å². The van der Waals surface area contributed by atoms with Crippen molar-refractivity contribution in [2.24, 2.45) is 0 Å². The van der Waals surface area contributed by atoms with Crippen LogP contribution >= 0.6 is 0 Å². The summed E-state index contributed by atoms with van der Waals surface area (Å²) in [5, 5.41) is 2.66. The Labute approximate surface area is 139 Å². The number of hydrogen-bond acceptors (Lipinski definition) is 1. The lowest BCUT2D eigenvalue weighted by atomic mass is 9.89. The van der Waals surface area contributed by atoms with E-state index in [1.807, 2.05) is 24.3 Å². The monoisotopic (exact) mass is 307 g/mol. The fourth-order valence-corrected chi connectivity index (χ4v) is 2.89. The predicted molar refractivity (Wildman–Crippen MR) is 98.9 cm³/mol. The molecule has 23 heavy (non-hydrogen) atoms. The van der Waals surface area contributed by atoms with Gasteiger partial charge < -0.3 is 5.32 Å². The maximum atomic E-state index is 11.7. The highest BCUT2D eigenvalue weighted by Crippen LogP contribution is 2.27. The van der Waals surface area contributed by atoms with Crippen LogP contribution in [0.3, 0.4) is 0 Å². The van der Waals surface area contributed by atoms with Crippen LogP contribution in [0.15, 0.2) is 24.3 Å². The van der Waals surface area contributed by atoms with Crippen LogP contribution in [0.1, 0.15) is 49.3 Å². The molecule has 2 aromatic carbocycles. The molecule has 0 heterocycles. The average Bonchev–Trinajstić information content (AvgIpc) is 2.57. The third-order valence-corrected chi connectivity index (χ3v) is 4.88. The van der Waals surface area contributed by atoms with Crippen LogP contribution in [-0.4, -0.2) is 13.0 Å². The summed E-state index contributed by atoms with van der Waals surface area (Å²) in [6.07, 6.45) is 4.24. The molecule has 0 fully saturated rings. The van der Waals surface area contributed by atoms with Gasteiger partial charge in [0, 0.05) is 12.6 Å². The molecule has 0 spiro atoms. The largest absolute Gasteiger partial charge is 0.355 e. The van der Waals surface area contributed by atoms with Gasteiger partial charge in [-0.05, 0) is 85.7 Å². The number of carbonyl (C=O) groups excluding carboxylic acids is 1. The fourth-order valence-electron chi connectivity index (χ4n) is 2.89. The van der Waals surface area contributed by atoms with E-state index in [2.05, 4.69) is 52.1 Å². The summed E-state index contributed by atoms with van der Waals surface area (Å²) >= 11 is 0. The van der Waals surface area contributed by atoms with Crippen LogP contribution in [0.5, 0.6) is 0 Å². The molecule has 120 valence electrons. The summed E-state index contributed by atoms with van der Waals surface area (Å²) in [5.41, 5.74) is 9.71. The number of nitrogens with one attached hydrogen (secondary N) is 1. The van der Waals surface area contributed by atoms with Crippen molar-refractivity contribution in [1.82, 2.24) is 5.32 Å². The van der Waals surface area contributed by atoms with Crippen molar-refractivity contribution in [3.63, 3.8) is 0 Å². The molecule has 0 aliphatic rings. The van der Waals surface area contributed by atoms with E-state index in [-0.39, 0.29) is 5.91 Å². The van der Waals surface area contributed by atoms with Crippen LogP contribution in [0.2, 0.25) is 0 Å². The zero-order valence-electron chi connectivity index (χ0n) is 14.9. The van der Waals surface area contributed by atoms with Crippen molar-refractivity contribution in [2.75, 3.05) is 7.05 Å². The number of carbonyl (C=O) groups is 1. The summed E-state index contributed by atoms with van der Waals surface area (Å²) < 4.78 is 0. The van der Waals surface area contributed by atoms with Gasteiger partial charge in [-0.25, -0.2) is 0 Å². The molecule has 2 aromatic rings. The average molecular weight is 307 g/mol. The van der Waals surface area contributed by atoms with Gasteiger partial charge in [0.2, 0.25) is 0 Å². The molecule has 0 saturated carbocycles. The molecule has 1 N–H and O–H groups in total. The van der Waals surface area contributed by atoms with Gasteiger partial charge in [-0.1, -0.05) is 24.3 Å². The van der Waals surface area contributed by atoms with E-state index in [1.165, 1.54) is 33.4 Å². The topological polar surface area (TPSA) is 29.1 Å². The Morgan fingerprint density at radius 3 is 2.00 bits per heavy atom. The zero-order valence-corrected chi connectivity index (χ0v) is 14.9. The molecule has 0 unspecified atom stereocenters. The highest BCUT2D eigenvalue weighted by molar-refractivity contribution is 5.94. The lowest BCUT2D eigenvalue weighted by Crippen LogP contribution is -2.17. The molecule has 2 heteroatoms. The highest BCUT2D eigenvalue weighted by Gasteiger charge is 2.10.